The van der Waals surface area contributed by atoms with Crippen LogP contribution in [-0.4, -0.2) is 36.1 Å². The number of hydrogen-bond acceptors (Lipinski definition) is 2. The van der Waals surface area contributed by atoms with Gasteiger partial charge < -0.3 is 5.32 Å². The fourth-order valence-electron chi connectivity index (χ4n) is 2.66. The molecule has 16 heavy (non-hydrogen) atoms. The summed E-state index contributed by atoms with van der Waals surface area (Å²) in [5, 5.41) is 3.67. The Labute approximate surface area is 102 Å². The van der Waals surface area contributed by atoms with E-state index < -0.39 is 0 Å². The van der Waals surface area contributed by atoms with E-state index in [1.54, 1.807) is 0 Å². The average Bonchev–Trinajstić information content (AvgIpc) is 2.16. The maximum atomic E-state index is 3.67. The molecule has 2 nitrogen and oxygen atoms in total. The quantitative estimate of drug-likeness (QED) is 0.725. The van der Waals surface area contributed by atoms with Gasteiger partial charge in [-0.15, -0.1) is 0 Å². The standard InChI is InChI=1S/C14H30N2/c1-6-7-8-9-16-11-14(4,5)15-10-13(16)12(2)3/h12-13,15H,6-11H2,1-5H3. The van der Waals surface area contributed by atoms with E-state index in [9.17, 15) is 0 Å². The lowest BCUT2D eigenvalue weighted by atomic mass is 9.93. The third-order valence-electron chi connectivity index (χ3n) is 3.68. The maximum Gasteiger partial charge on any atom is 0.0252 e. The summed E-state index contributed by atoms with van der Waals surface area (Å²) in [6, 6.07) is 0.727. The summed E-state index contributed by atoms with van der Waals surface area (Å²) in [5.74, 6) is 0.755. The van der Waals surface area contributed by atoms with Gasteiger partial charge in [-0.05, 0) is 32.7 Å². The highest BCUT2D eigenvalue weighted by molar-refractivity contribution is 4.93. The first-order valence-corrected chi connectivity index (χ1v) is 6.95. The second-order valence-electron chi connectivity index (χ2n) is 6.25. The molecule has 0 aromatic carbocycles. The van der Waals surface area contributed by atoms with Gasteiger partial charge in [-0.3, -0.25) is 4.90 Å². The molecule has 0 spiro atoms. The molecule has 2 heteroatoms. The van der Waals surface area contributed by atoms with Crippen LogP contribution in [0.2, 0.25) is 0 Å². The first-order valence-electron chi connectivity index (χ1n) is 6.95. The van der Waals surface area contributed by atoms with Crippen molar-refractivity contribution in [3.8, 4) is 0 Å². The van der Waals surface area contributed by atoms with Gasteiger partial charge in [0, 0.05) is 24.7 Å². The number of nitrogens with zero attached hydrogens (tertiary/aromatic N) is 1. The lowest BCUT2D eigenvalue weighted by molar-refractivity contribution is 0.0679. The molecule has 1 atom stereocenters. The summed E-state index contributed by atoms with van der Waals surface area (Å²) in [5.41, 5.74) is 0.289. The Morgan fingerprint density at radius 1 is 1.31 bits per heavy atom. The van der Waals surface area contributed by atoms with E-state index in [-0.39, 0.29) is 5.54 Å². The van der Waals surface area contributed by atoms with E-state index >= 15 is 0 Å². The molecule has 96 valence electrons. The van der Waals surface area contributed by atoms with E-state index in [0.29, 0.717) is 0 Å². The molecule has 1 heterocycles. The van der Waals surface area contributed by atoms with Gasteiger partial charge >= 0.3 is 0 Å². The normalized spacial score (nSPS) is 26.2. The van der Waals surface area contributed by atoms with Crippen molar-refractivity contribution in [3.63, 3.8) is 0 Å². The van der Waals surface area contributed by atoms with Crippen molar-refractivity contribution in [3.05, 3.63) is 0 Å². The molecule has 0 saturated carbocycles. The van der Waals surface area contributed by atoms with Crippen LogP contribution in [0.3, 0.4) is 0 Å². The van der Waals surface area contributed by atoms with Crippen LogP contribution in [0.1, 0.15) is 53.9 Å². The fourth-order valence-corrected chi connectivity index (χ4v) is 2.66. The van der Waals surface area contributed by atoms with Crippen LogP contribution in [0, 0.1) is 5.92 Å². The zero-order valence-electron chi connectivity index (χ0n) is 11.8. The second-order valence-corrected chi connectivity index (χ2v) is 6.25. The average molecular weight is 226 g/mol. The van der Waals surface area contributed by atoms with Crippen LogP contribution in [0.15, 0.2) is 0 Å². The molecule has 1 unspecified atom stereocenters. The largest absolute Gasteiger partial charge is 0.309 e. The van der Waals surface area contributed by atoms with E-state index in [4.69, 9.17) is 0 Å². The molecule has 1 saturated heterocycles. The van der Waals surface area contributed by atoms with Crippen LogP contribution in [0.5, 0.6) is 0 Å². The molecule has 1 rings (SSSR count). The molecule has 1 aliphatic rings. The smallest absolute Gasteiger partial charge is 0.0252 e. The van der Waals surface area contributed by atoms with Crippen LogP contribution in [0.25, 0.3) is 0 Å². The van der Waals surface area contributed by atoms with Crippen LogP contribution in [-0.2, 0) is 0 Å². The number of piperazine rings is 1. The molecule has 0 aliphatic carbocycles. The maximum absolute atomic E-state index is 3.67. The van der Waals surface area contributed by atoms with E-state index in [1.165, 1.54) is 32.4 Å². The molecular weight excluding hydrogens is 196 g/mol. The van der Waals surface area contributed by atoms with Gasteiger partial charge in [0.15, 0.2) is 0 Å². The van der Waals surface area contributed by atoms with Crippen molar-refractivity contribution in [1.82, 2.24) is 10.2 Å². The van der Waals surface area contributed by atoms with Crippen molar-refractivity contribution in [2.75, 3.05) is 19.6 Å². The summed E-state index contributed by atoms with van der Waals surface area (Å²) in [4.78, 5) is 2.71. The van der Waals surface area contributed by atoms with Gasteiger partial charge in [0.2, 0.25) is 0 Å². The molecule has 0 aromatic heterocycles. The van der Waals surface area contributed by atoms with Crippen molar-refractivity contribution in [2.24, 2.45) is 5.92 Å². The first-order chi connectivity index (χ1) is 7.46. The molecule has 0 aromatic rings. The van der Waals surface area contributed by atoms with Crippen LogP contribution < -0.4 is 5.32 Å². The first kappa shape index (κ1) is 14.0. The number of unbranched alkanes of at least 4 members (excludes halogenated alkanes) is 2. The van der Waals surface area contributed by atoms with Crippen molar-refractivity contribution in [1.29, 1.82) is 0 Å². The Balaban J connectivity index is 2.50. The lowest BCUT2D eigenvalue weighted by Crippen LogP contribution is -2.62. The molecule has 1 N–H and O–H groups in total. The topological polar surface area (TPSA) is 15.3 Å². The van der Waals surface area contributed by atoms with E-state index in [1.807, 2.05) is 0 Å². The zero-order valence-corrected chi connectivity index (χ0v) is 11.8. The zero-order chi connectivity index (χ0) is 12.2. The predicted octanol–water partition coefficient (Wildman–Crippen LogP) is 2.89. The Morgan fingerprint density at radius 2 is 2.00 bits per heavy atom. The minimum Gasteiger partial charge on any atom is -0.309 e. The van der Waals surface area contributed by atoms with Crippen LogP contribution in [0.4, 0.5) is 0 Å². The predicted molar refractivity (Wildman–Crippen MR) is 71.8 cm³/mol. The summed E-state index contributed by atoms with van der Waals surface area (Å²) < 4.78 is 0. The monoisotopic (exact) mass is 226 g/mol. The highest BCUT2D eigenvalue weighted by Gasteiger charge is 2.33. The molecule has 1 aliphatic heterocycles. The van der Waals surface area contributed by atoms with Gasteiger partial charge in [-0.25, -0.2) is 0 Å². The molecular formula is C14H30N2. The Bertz CT molecular complexity index is 199. The Kier molecular flexibility index (Phi) is 5.26. The van der Waals surface area contributed by atoms with Crippen molar-refractivity contribution < 1.29 is 0 Å². The van der Waals surface area contributed by atoms with E-state index in [0.717, 1.165) is 18.5 Å². The third-order valence-corrected chi connectivity index (χ3v) is 3.68. The van der Waals surface area contributed by atoms with Crippen molar-refractivity contribution in [2.45, 2.75) is 65.5 Å². The molecule has 0 amide bonds. The minimum atomic E-state index is 0.289. The van der Waals surface area contributed by atoms with Gasteiger partial charge in [0.05, 0.1) is 0 Å². The Morgan fingerprint density at radius 3 is 2.56 bits per heavy atom. The summed E-state index contributed by atoms with van der Waals surface area (Å²) >= 11 is 0. The Hall–Kier alpha value is -0.0800. The minimum absolute atomic E-state index is 0.289. The molecule has 0 bridgehead atoms. The van der Waals surface area contributed by atoms with Gasteiger partial charge in [-0.2, -0.15) is 0 Å². The fraction of sp³-hybridized carbons (Fsp3) is 1.00. The SMILES string of the molecule is CCCCCN1CC(C)(C)NCC1C(C)C. The lowest BCUT2D eigenvalue weighted by Gasteiger charge is -2.46. The van der Waals surface area contributed by atoms with Crippen LogP contribution >= 0.6 is 0 Å². The van der Waals surface area contributed by atoms with Crippen molar-refractivity contribution >= 4 is 0 Å². The second kappa shape index (κ2) is 6.02. The summed E-state index contributed by atoms with van der Waals surface area (Å²) in [6.45, 7) is 15.2. The van der Waals surface area contributed by atoms with Gasteiger partial charge in [-0.1, -0.05) is 33.6 Å². The number of nitrogens with one attached hydrogen (secondary N) is 1. The van der Waals surface area contributed by atoms with Gasteiger partial charge in [0.25, 0.3) is 0 Å². The third kappa shape index (κ3) is 4.06. The number of rotatable bonds is 5. The van der Waals surface area contributed by atoms with E-state index in [2.05, 4.69) is 44.8 Å². The summed E-state index contributed by atoms with van der Waals surface area (Å²) in [6.07, 6.45) is 4.05. The summed E-state index contributed by atoms with van der Waals surface area (Å²) in [7, 11) is 0. The highest BCUT2D eigenvalue weighted by atomic mass is 15.2. The molecule has 0 radical (unpaired) electrons. The van der Waals surface area contributed by atoms with Gasteiger partial charge in [0.1, 0.15) is 0 Å². The highest BCUT2D eigenvalue weighted by Crippen LogP contribution is 2.20. The number of hydrogen-bond donors (Lipinski definition) is 1. The molecule has 1 fully saturated rings.